The normalized spacial score (nSPS) is 16.3. The molecule has 1 aliphatic rings. The summed E-state index contributed by atoms with van der Waals surface area (Å²) in [5.74, 6) is 1.47. The summed E-state index contributed by atoms with van der Waals surface area (Å²) in [6.45, 7) is 8.72. The van der Waals surface area contributed by atoms with Gasteiger partial charge in [0, 0.05) is 0 Å². The van der Waals surface area contributed by atoms with Gasteiger partial charge < -0.3 is 9.84 Å². The molecule has 0 aliphatic carbocycles. The third kappa shape index (κ3) is 3.43. The first kappa shape index (κ1) is 16.9. The van der Waals surface area contributed by atoms with Gasteiger partial charge in [-0.25, -0.2) is 0 Å². The molecule has 0 fully saturated rings. The maximum Gasteiger partial charge on any atom is 0.126 e. The van der Waals surface area contributed by atoms with Gasteiger partial charge in [-0.05, 0) is 67.7 Å². The lowest BCUT2D eigenvalue weighted by Crippen LogP contribution is -2.33. The van der Waals surface area contributed by atoms with Gasteiger partial charge in [-0.1, -0.05) is 50.2 Å². The van der Waals surface area contributed by atoms with Crippen molar-refractivity contribution in [2.75, 3.05) is 0 Å². The van der Waals surface area contributed by atoms with Crippen LogP contribution < -0.4 is 4.74 Å². The van der Waals surface area contributed by atoms with Crippen molar-refractivity contribution in [1.29, 1.82) is 0 Å². The van der Waals surface area contributed by atoms with E-state index in [0.29, 0.717) is 5.75 Å². The molecule has 2 heteroatoms. The molecule has 0 spiro atoms. The van der Waals surface area contributed by atoms with Crippen LogP contribution in [0, 0.1) is 0 Å². The topological polar surface area (TPSA) is 29.5 Å². The molecule has 2 aromatic carbocycles. The summed E-state index contributed by atoms with van der Waals surface area (Å²) in [5, 5.41) is 10.2. The largest absolute Gasteiger partial charge is 0.508 e. The van der Waals surface area contributed by atoms with E-state index in [1.54, 1.807) is 6.07 Å². The first-order chi connectivity index (χ1) is 11.3. The number of hydrogen-bond donors (Lipinski definition) is 1. The SMILES string of the molecule is CC1(C)CCc2cccc(CCC(C)(C)c3ccccc3O)c2O1. The van der Waals surface area contributed by atoms with Gasteiger partial charge in [-0.3, -0.25) is 0 Å². The minimum atomic E-state index is -0.0870. The second kappa shape index (κ2) is 6.16. The maximum absolute atomic E-state index is 10.2. The summed E-state index contributed by atoms with van der Waals surface area (Å²) < 4.78 is 6.30. The molecule has 0 saturated carbocycles. The van der Waals surface area contributed by atoms with Gasteiger partial charge in [-0.2, -0.15) is 0 Å². The molecule has 1 aliphatic heterocycles. The highest BCUT2D eigenvalue weighted by Crippen LogP contribution is 2.39. The Kier molecular flexibility index (Phi) is 4.33. The molecule has 3 rings (SSSR count). The van der Waals surface area contributed by atoms with E-state index in [1.165, 1.54) is 11.1 Å². The van der Waals surface area contributed by atoms with Gasteiger partial charge in [0.2, 0.25) is 0 Å². The molecule has 0 atom stereocenters. The number of benzene rings is 2. The minimum Gasteiger partial charge on any atom is -0.508 e. The average Bonchev–Trinajstić information content (AvgIpc) is 2.52. The average molecular weight is 324 g/mol. The van der Waals surface area contributed by atoms with E-state index in [4.69, 9.17) is 4.74 Å². The number of hydrogen-bond acceptors (Lipinski definition) is 2. The molecular formula is C22H28O2. The Morgan fingerprint density at radius 1 is 1.08 bits per heavy atom. The van der Waals surface area contributed by atoms with E-state index < -0.39 is 0 Å². The fourth-order valence-corrected chi connectivity index (χ4v) is 3.55. The molecule has 0 unspecified atom stereocenters. The fraction of sp³-hybridized carbons (Fsp3) is 0.455. The van der Waals surface area contributed by atoms with E-state index in [-0.39, 0.29) is 11.0 Å². The van der Waals surface area contributed by atoms with Crippen LogP contribution in [-0.2, 0) is 18.3 Å². The van der Waals surface area contributed by atoms with Crippen LogP contribution in [0.1, 0.15) is 57.2 Å². The van der Waals surface area contributed by atoms with Crippen molar-refractivity contribution in [2.45, 2.75) is 64.4 Å². The van der Waals surface area contributed by atoms with Crippen LogP contribution in [0.5, 0.6) is 11.5 Å². The summed E-state index contributed by atoms with van der Waals surface area (Å²) in [6, 6.07) is 14.2. The summed E-state index contributed by atoms with van der Waals surface area (Å²) in [4.78, 5) is 0. The summed E-state index contributed by atoms with van der Waals surface area (Å²) >= 11 is 0. The minimum absolute atomic E-state index is 0.0851. The molecule has 0 radical (unpaired) electrons. The molecule has 1 N–H and O–H groups in total. The molecular weight excluding hydrogens is 296 g/mol. The van der Waals surface area contributed by atoms with Crippen LogP contribution in [0.4, 0.5) is 0 Å². The van der Waals surface area contributed by atoms with Gasteiger partial charge in [-0.15, -0.1) is 0 Å². The van der Waals surface area contributed by atoms with Crippen LogP contribution in [-0.4, -0.2) is 10.7 Å². The lowest BCUT2D eigenvalue weighted by atomic mass is 9.78. The van der Waals surface area contributed by atoms with Crippen LogP contribution in [0.3, 0.4) is 0 Å². The molecule has 2 nitrogen and oxygen atoms in total. The Hall–Kier alpha value is -1.96. The molecule has 0 amide bonds. The summed E-state index contributed by atoms with van der Waals surface area (Å²) in [7, 11) is 0. The molecule has 0 bridgehead atoms. The zero-order valence-electron chi connectivity index (χ0n) is 15.2. The van der Waals surface area contributed by atoms with Gasteiger partial charge in [0.05, 0.1) is 0 Å². The van der Waals surface area contributed by atoms with Crippen LogP contribution >= 0.6 is 0 Å². The van der Waals surface area contributed by atoms with Crippen LogP contribution in [0.15, 0.2) is 42.5 Å². The van der Waals surface area contributed by atoms with Crippen molar-refractivity contribution in [3.8, 4) is 11.5 Å². The van der Waals surface area contributed by atoms with Gasteiger partial charge in [0.15, 0.2) is 0 Å². The van der Waals surface area contributed by atoms with Gasteiger partial charge >= 0.3 is 0 Å². The standard InChI is InChI=1S/C22H28O2/c1-21(2,18-10-5-6-11-19(18)23)14-12-16-8-7-9-17-13-15-22(3,4)24-20(16)17/h5-11,23H,12-15H2,1-4H3. The second-order valence-electron chi connectivity index (χ2n) is 8.17. The van der Waals surface area contributed by atoms with Crippen molar-refractivity contribution in [1.82, 2.24) is 0 Å². The second-order valence-corrected chi connectivity index (χ2v) is 8.17. The molecule has 0 aromatic heterocycles. The molecule has 24 heavy (non-hydrogen) atoms. The van der Waals surface area contributed by atoms with Crippen LogP contribution in [0.25, 0.3) is 0 Å². The third-order valence-corrected chi connectivity index (χ3v) is 5.21. The third-order valence-electron chi connectivity index (χ3n) is 5.21. The summed E-state index contributed by atoms with van der Waals surface area (Å²) in [5.41, 5.74) is 3.45. The van der Waals surface area contributed by atoms with Crippen molar-refractivity contribution >= 4 is 0 Å². The predicted molar refractivity (Wildman–Crippen MR) is 98.9 cm³/mol. The predicted octanol–water partition coefficient (Wildman–Crippen LogP) is 5.41. The zero-order valence-corrected chi connectivity index (χ0v) is 15.2. The highest BCUT2D eigenvalue weighted by atomic mass is 16.5. The number of aryl methyl sites for hydroxylation is 2. The van der Waals surface area contributed by atoms with Gasteiger partial charge in [0.25, 0.3) is 0 Å². The number of rotatable bonds is 4. The Morgan fingerprint density at radius 2 is 1.83 bits per heavy atom. The Bertz CT molecular complexity index is 728. The number of phenols is 1. The maximum atomic E-state index is 10.2. The molecule has 2 aromatic rings. The number of fused-ring (bicyclic) bond motifs is 1. The van der Waals surface area contributed by atoms with Crippen molar-refractivity contribution in [3.63, 3.8) is 0 Å². The van der Waals surface area contributed by atoms with Crippen LogP contribution in [0.2, 0.25) is 0 Å². The van der Waals surface area contributed by atoms with Crippen molar-refractivity contribution in [2.24, 2.45) is 0 Å². The van der Waals surface area contributed by atoms with E-state index in [0.717, 1.165) is 37.0 Å². The van der Waals surface area contributed by atoms with E-state index >= 15 is 0 Å². The lowest BCUT2D eigenvalue weighted by Gasteiger charge is -2.34. The van der Waals surface area contributed by atoms with Crippen molar-refractivity contribution < 1.29 is 9.84 Å². The summed E-state index contributed by atoms with van der Waals surface area (Å²) in [6.07, 6.45) is 4.05. The van der Waals surface area contributed by atoms with E-state index in [9.17, 15) is 5.11 Å². The highest BCUT2D eigenvalue weighted by molar-refractivity contribution is 5.44. The Labute approximate surface area is 145 Å². The lowest BCUT2D eigenvalue weighted by molar-refractivity contribution is 0.0832. The van der Waals surface area contributed by atoms with Crippen molar-refractivity contribution in [3.05, 3.63) is 59.2 Å². The highest BCUT2D eigenvalue weighted by Gasteiger charge is 2.29. The first-order valence-electron chi connectivity index (χ1n) is 8.87. The number of phenolic OH excluding ortho intramolecular Hbond substituents is 1. The number of para-hydroxylation sites is 2. The van der Waals surface area contributed by atoms with E-state index in [1.807, 2.05) is 18.2 Å². The molecule has 1 heterocycles. The van der Waals surface area contributed by atoms with Gasteiger partial charge in [0.1, 0.15) is 17.1 Å². The fourth-order valence-electron chi connectivity index (χ4n) is 3.55. The first-order valence-corrected chi connectivity index (χ1v) is 8.87. The smallest absolute Gasteiger partial charge is 0.126 e. The number of ether oxygens (including phenoxy) is 1. The van der Waals surface area contributed by atoms with E-state index in [2.05, 4.69) is 45.9 Å². The monoisotopic (exact) mass is 324 g/mol. The Balaban J connectivity index is 1.82. The Morgan fingerprint density at radius 3 is 2.58 bits per heavy atom. The molecule has 128 valence electrons. The quantitative estimate of drug-likeness (QED) is 0.815. The molecule has 0 saturated heterocycles. The zero-order chi connectivity index (χ0) is 17.4. The number of aromatic hydroxyl groups is 1.